The molecule has 2 aromatic rings. The van der Waals surface area contributed by atoms with Crippen molar-refractivity contribution in [3.05, 3.63) is 40.8 Å². The number of benzene rings is 1. The maximum atomic E-state index is 12.5. The number of nitrogens with zero attached hydrogens (tertiary/aromatic N) is 2. The van der Waals surface area contributed by atoms with Gasteiger partial charge in [0.15, 0.2) is 5.96 Å². The maximum absolute atomic E-state index is 12.5. The van der Waals surface area contributed by atoms with E-state index < -0.39 is 11.9 Å². The third-order valence-corrected chi connectivity index (χ3v) is 5.87. The second kappa shape index (κ2) is 7.07. The predicted octanol–water partition coefficient (Wildman–Crippen LogP) is 4.74. The quantitative estimate of drug-likeness (QED) is 0.601. The summed E-state index contributed by atoms with van der Waals surface area (Å²) < 4.78 is 41.5. The van der Waals surface area contributed by atoms with Crippen LogP contribution in [0.25, 0.3) is 10.4 Å². The topological polar surface area (TPSA) is 50.8 Å². The molecule has 3 rings (SSSR count). The van der Waals surface area contributed by atoms with Crippen LogP contribution in [0.5, 0.6) is 5.75 Å². The van der Waals surface area contributed by atoms with Crippen LogP contribution in [-0.2, 0) is 12.0 Å². The minimum Gasteiger partial charge on any atom is -0.406 e. The monoisotopic (exact) mass is 397 g/mol. The summed E-state index contributed by atoms with van der Waals surface area (Å²) in [5, 5.41) is 0. The first-order chi connectivity index (χ1) is 12.6. The van der Waals surface area contributed by atoms with Gasteiger partial charge in [-0.1, -0.05) is 12.1 Å². The predicted molar refractivity (Wildman–Crippen MR) is 102 cm³/mol. The molecule has 0 saturated heterocycles. The SMILES string of the molecule is CN(C)C(N)=NC1(C)CCCc2sc(-c3cccc(OC(F)(F)F)c3)cc21. The molecule has 1 aliphatic rings. The van der Waals surface area contributed by atoms with Gasteiger partial charge in [0.25, 0.3) is 0 Å². The Hall–Kier alpha value is -2.22. The van der Waals surface area contributed by atoms with Crippen LogP contribution in [0.3, 0.4) is 0 Å². The Kier molecular flexibility index (Phi) is 5.12. The molecule has 1 aliphatic carbocycles. The zero-order valence-corrected chi connectivity index (χ0v) is 16.2. The number of ether oxygens (including phenoxy) is 1. The smallest absolute Gasteiger partial charge is 0.406 e. The van der Waals surface area contributed by atoms with Crippen molar-refractivity contribution in [2.45, 2.75) is 38.1 Å². The zero-order valence-electron chi connectivity index (χ0n) is 15.4. The van der Waals surface area contributed by atoms with Crippen molar-refractivity contribution in [3.8, 4) is 16.2 Å². The summed E-state index contributed by atoms with van der Waals surface area (Å²) in [6.45, 7) is 2.06. The van der Waals surface area contributed by atoms with Gasteiger partial charge in [0.05, 0.1) is 5.54 Å². The van der Waals surface area contributed by atoms with Crippen molar-refractivity contribution in [3.63, 3.8) is 0 Å². The van der Waals surface area contributed by atoms with Crippen LogP contribution in [0.1, 0.15) is 30.2 Å². The van der Waals surface area contributed by atoms with Gasteiger partial charge in [0, 0.05) is 23.8 Å². The van der Waals surface area contributed by atoms with Crippen LogP contribution in [0.2, 0.25) is 0 Å². The van der Waals surface area contributed by atoms with E-state index in [0.717, 1.165) is 29.7 Å². The number of guanidine groups is 1. The summed E-state index contributed by atoms with van der Waals surface area (Å²) in [6, 6.07) is 8.10. The largest absolute Gasteiger partial charge is 0.573 e. The fourth-order valence-electron chi connectivity index (χ4n) is 3.26. The number of aryl methyl sites for hydroxylation is 1. The molecule has 146 valence electrons. The number of nitrogens with two attached hydrogens (primary N) is 1. The van der Waals surface area contributed by atoms with E-state index in [1.165, 1.54) is 17.0 Å². The van der Waals surface area contributed by atoms with E-state index in [4.69, 9.17) is 10.7 Å². The fraction of sp³-hybridized carbons (Fsp3) is 0.421. The first kappa shape index (κ1) is 19.5. The lowest BCUT2D eigenvalue weighted by atomic mass is 9.82. The summed E-state index contributed by atoms with van der Waals surface area (Å²) in [5.74, 6) is 0.239. The maximum Gasteiger partial charge on any atom is 0.573 e. The van der Waals surface area contributed by atoms with Gasteiger partial charge < -0.3 is 15.4 Å². The van der Waals surface area contributed by atoms with E-state index in [-0.39, 0.29) is 5.75 Å². The molecule has 1 aromatic carbocycles. The van der Waals surface area contributed by atoms with E-state index >= 15 is 0 Å². The Morgan fingerprint density at radius 1 is 1.30 bits per heavy atom. The molecule has 1 atom stereocenters. The number of halogens is 3. The van der Waals surface area contributed by atoms with Crippen molar-refractivity contribution < 1.29 is 17.9 Å². The number of hydrogen-bond donors (Lipinski definition) is 1. The lowest BCUT2D eigenvalue weighted by Crippen LogP contribution is -2.35. The molecule has 0 spiro atoms. The summed E-state index contributed by atoms with van der Waals surface area (Å²) in [6.07, 6.45) is -1.90. The Morgan fingerprint density at radius 3 is 2.70 bits per heavy atom. The number of alkyl halides is 3. The highest BCUT2D eigenvalue weighted by atomic mass is 32.1. The molecule has 0 amide bonds. The molecule has 0 aliphatic heterocycles. The summed E-state index contributed by atoms with van der Waals surface area (Å²) in [7, 11) is 3.69. The minimum atomic E-state index is -4.70. The van der Waals surface area contributed by atoms with Crippen molar-refractivity contribution in [1.82, 2.24) is 4.90 Å². The van der Waals surface area contributed by atoms with Gasteiger partial charge in [-0.05, 0) is 55.5 Å². The number of fused-ring (bicyclic) bond motifs is 1. The Bertz CT molecular complexity index is 860. The molecule has 0 bridgehead atoms. The van der Waals surface area contributed by atoms with E-state index in [1.54, 1.807) is 28.4 Å². The second-order valence-electron chi connectivity index (χ2n) is 7.01. The average molecular weight is 397 g/mol. The molecule has 1 heterocycles. The third kappa shape index (κ3) is 4.37. The normalized spacial score (nSPS) is 20.3. The first-order valence-electron chi connectivity index (χ1n) is 8.59. The molecule has 8 heteroatoms. The molecular weight excluding hydrogens is 375 g/mol. The molecule has 1 aromatic heterocycles. The molecule has 0 radical (unpaired) electrons. The number of hydrogen-bond acceptors (Lipinski definition) is 3. The summed E-state index contributed by atoms with van der Waals surface area (Å²) in [5.41, 5.74) is 7.40. The lowest BCUT2D eigenvalue weighted by Gasteiger charge is -2.31. The van der Waals surface area contributed by atoms with Crippen LogP contribution in [0.15, 0.2) is 35.3 Å². The van der Waals surface area contributed by atoms with Crippen molar-refractivity contribution in [2.75, 3.05) is 14.1 Å². The van der Waals surface area contributed by atoms with Crippen LogP contribution in [0.4, 0.5) is 13.2 Å². The van der Waals surface area contributed by atoms with Crippen LogP contribution in [0, 0.1) is 0 Å². The number of thiophene rings is 1. The van der Waals surface area contributed by atoms with Gasteiger partial charge in [0.2, 0.25) is 0 Å². The Balaban J connectivity index is 1.98. The van der Waals surface area contributed by atoms with E-state index in [1.807, 2.05) is 20.2 Å². The molecule has 0 saturated carbocycles. The molecule has 1 unspecified atom stereocenters. The van der Waals surface area contributed by atoms with Crippen molar-refractivity contribution in [2.24, 2.45) is 10.7 Å². The lowest BCUT2D eigenvalue weighted by molar-refractivity contribution is -0.274. The highest BCUT2D eigenvalue weighted by Gasteiger charge is 2.34. The molecule has 4 nitrogen and oxygen atoms in total. The van der Waals surface area contributed by atoms with Crippen LogP contribution < -0.4 is 10.5 Å². The van der Waals surface area contributed by atoms with Crippen LogP contribution >= 0.6 is 11.3 Å². The fourth-order valence-corrected chi connectivity index (χ4v) is 4.58. The van der Waals surface area contributed by atoms with E-state index in [2.05, 4.69) is 11.7 Å². The van der Waals surface area contributed by atoms with E-state index in [9.17, 15) is 13.2 Å². The Labute approximate surface area is 160 Å². The number of rotatable bonds is 3. The van der Waals surface area contributed by atoms with Gasteiger partial charge in [-0.15, -0.1) is 24.5 Å². The van der Waals surface area contributed by atoms with Crippen LogP contribution in [-0.4, -0.2) is 31.3 Å². The third-order valence-electron chi connectivity index (χ3n) is 4.63. The van der Waals surface area contributed by atoms with Crippen molar-refractivity contribution >= 4 is 17.3 Å². The first-order valence-corrected chi connectivity index (χ1v) is 9.41. The van der Waals surface area contributed by atoms with Gasteiger partial charge in [0.1, 0.15) is 5.75 Å². The zero-order chi connectivity index (χ0) is 19.8. The molecule has 27 heavy (non-hydrogen) atoms. The molecule has 2 N–H and O–H groups in total. The standard InChI is InChI=1S/C19H22F3N3OS/c1-18(24-17(23)25(2)3)9-5-8-15-14(18)11-16(27-15)12-6-4-7-13(10-12)26-19(20,21)22/h4,6-7,10-11H,5,8-9H2,1-3H3,(H2,23,24). The van der Waals surface area contributed by atoms with Gasteiger partial charge >= 0.3 is 6.36 Å². The average Bonchev–Trinajstić information content (AvgIpc) is 2.99. The summed E-state index contributed by atoms with van der Waals surface area (Å²) >= 11 is 1.59. The summed E-state index contributed by atoms with van der Waals surface area (Å²) in [4.78, 5) is 8.61. The second-order valence-corrected chi connectivity index (χ2v) is 8.15. The minimum absolute atomic E-state index is 0.219. The highest BCUT2D eigenvalue weighted by Crippen LogP contribution is 2.45. The van der Waals surface area contributed by atoms with Gasteiger partial charge in [-0.25, -0.2) is 4.99 Å². The Morgan fingerprint density at radius 2 is 2.04 bits per heavy atom. The number of aliphatic imine (C=N–C) groups is 1. The van der Waals surface area contributed by atoms with E-state index in [0.29, 0.717) is 11.5 Å². The molecular formula is C19H22F3N3OS. The van der Waals surface area contributed by atoms with Gasteiger partial charge in [-0.3, -0.25) is 0 Å². The van der Waals surface area contributed by atoms with Gasteiger partial charge in [-0.2, -0.15) is 0 Å². The van der Waals surface area contributed by atoms with Crippen molar-refractivity contribution in [1.29, 1.82) is 0 Å². The molecule has 0 fully saturated rings. The highest BCUT2D eigenvalue weighted by molar-refractivity contribution is 7.15.